The zero-order valence-electron chi connectivity index (χ0n) is 22.9. The van der Waals surface area contributed by atoms with Crippen molar-refractivity contribution in [3.63, 3.8) is 0 Å². The molecule has 0 bridgehead atoms. The molecular formula is C29H38F2N4O4S. The lowest BCUT2D eigenvalue weighted by atomic mass is 9.81. The van der Waals surface area contributed by atoms with Crippen molar-refractivity contribution in [2.24, 2.45) is 0 Å². The third-order valence-corrected chi connectivity index (χ3v) is 9.37. The number of unbranched alkanes of at least 4 members (excludes halogenated alkanes) is 1. The second kappa shape index (κ2) is 13.2. The molecule has 8 nitrogen and oxygen atoms in total. The molecule has 218 valence electrons. The molecule has 1 atom stereocenters. The first kappa shape index (κ1) is 30.1. The van der Waals surface area contributed by atoms with Crippen LogP contribution in [0, 0.1) is 11.6 Å². The minimum Gasteiger partial charge on any atom is -0.342 e. The Morgan fingerprint density at radius 2 is 1.73 bits per heavy atom. The SMILES string of the molecule is CCCN1C(=O)[C@H](CCCCNS(=O)(=O)c2ccc(F)c(F)c2)NC(=O)C12CCN(CCc1ccccc1)CC2. The lowest BCUT2D eigenvalue weighted by Gasteiger charge is -2.51. The zero-order valence-corrected chi connectivity index (χ0v) is 23.7. The van der Waals surface area contributed by atoms with E-state index in [9.17, 15) is 26.8 Å². The number of hydrogen-bond donors (Lipinski definition) is 2. The first-order chi connectivity index (χ1) is 19.2. The number of nitrogens with zero attached hydrogens (tertiary/aromatic N) is 2. The first-order valence-corrected chi connectivity index (χ1v) is 15.5. The van der Waals surface area contributed by atoms with Gasteiger partial charge in [-0.25, -0.2) is 21.9 Å². The van der Waals surface area contributed by atoms with Gasteiger partial charge < -0.3 is 15.1 Å². The number of amides is 2. The summed E-state index contributed by atoms with van der Waals surface area (Å²) >= 11 is 0. The van der Waals surface area contributed by atoms with Crippen molar-refractivity contribution >= 4 is 21.8 Å². The molecule has 2 amide bonds. The van der Waals surface area contributed by atoms with Crippen LogP contribution in [0.3, 0.4) is 0 Å². The summed E-state index contributed by atoms with van der Waals surface area (Å²) in [6.07, 6.45) is 4.18. The van der Waals surface area contributed by atoms with Gasteiger partial charge in [0.25, 0.3) is 0 Å². The minimum absolute atomic E-state index is 0.0671. The summed E-state index contributed by atoms with van der Waals surface area (Å²) in [6.45, 7) is 4.98. The van der Waals surface area contributed by atoms with E-state index in [0.29, 0.717) is 44.7 Å². The lowest BCUT2D eigenvalue weighted by molar-refractivity contribution is -0.161. The number of sulfonamides is 1. The highest BCUT2D eigenvalue weighted by atomic mass is 32.2. The van der Waals surface area contributed by atoms with Gasteiger partial charge in [-0.05, 0) is 68.7 Å². The maximum absolute atomic E-state index is 13.5. The number of likely N-dealkylation sites (tertiary alicyclic amines) is 1. The van der Waals surface area contributed by atoms with E-state index in [0.717, 1.165) is 44.6 Å². The summed E-state index contributed by atoms with van der Waals surface area (Å²) in [5, 5.41) is 2.97. The van der Waals surface area contributed by atoms with Gasteiger partial charge in [-0.15, -0.1) is 0 Å². The molecule has 2 heterocycles. The largest absolute Gasteiger partial charge is 0.342 e. The average molecular weight is 577 g/mol. The first-order valence-electron chi connectivity index (χ1n) is 14.0. The third-order valence-electron chi connectivity index (χ3n) is 7.91. The Balaban J connectivity index is 1.27. The number of piperidine rings is 1. The maximum Gasteiger partial charge on any atom is 0.246 e. The summed E-state index contributed by atoms with van der Waals surface area (Å²) in [7, 11) is -3.99. The van der Waals surface area contributed by atoms with Crippen LogP contribution in [0.15, 0.2) is 53.4 Å². The average Bonchev–Trinajstić information content (AvgIpc) is 2.95. The van der Waals surface area contributed by atoms with Crippen molar-refractivity contribution < 1.29 is 26.8 Å². The summed E-state index contributed by atoms with van der Waals surface area (Å²) in [6, 6.07) is 12.1. The number of halogens is 2. The molecule has 2 aromatic carbocycles. The van der Waals surface area contributed by atoms with Gasteiger partial charge >= 0.3 is 0 Å². The monoisotopic (exact) mass is 576 g/mol. The van der Waals surface area contributed by atoms with E-state index in [1.807, 2.05) is 25.1 Å². The molecule has 11 heteroatoms. The molecule has 0 unspecified atom stereocenters. The van der Waals surface area contributed by atoms with Crippen LogP contribution in [0.5, 0.6) is 0 Å². The fourth-order valence-corrected chi connectivity index (χ4v) is 6.69. The molecule has 0 aromatic heterocycles. The van der Waals surface area contributed by atoms with Gasteiger partial charge in [0.1, 0.15) is 11.6 Å². The van der Waals surface area contributed by atoms with Crippen LogP contribution < -0.4 is 10.0 Å². The molecule has 1 spiro atoms. The molecule has 0 aliphatic carbocycles. The van der Waals surface area contributed by atoms with Crippen LogP contribution in [0.2, 0.25) is 0 Å². The van der Waals surface area contributed by atoms with Crippen LogP contribution >= 0.6 is 0 Å². The summed E-state index contributed by atoms with van der Waals surface area (Å²) in [4.78, 5) is 30.8. The molecule has 2 aromatic rings. The molecular weight excluding hydrogens is 538 g/mol. The summed E-state index contributed by atoms with van der Waals surface area (Å²) < 4.78 is 53.6. The van der Waals surface area contributed by atoms with Crippen LogP contribution in [0.1, 0.15) is 51.0 Å². The summed E-state index contributed by atoms with van der Waals surface area (Å²) in [5.41, 5.74) is 0.452. The van der Waals surface area contributed by atoms with Crippen molar-refractivity contribution in [3.05, 3.63) is 65.7 Å². The van der Waals surface area contributed by atoms with E-state index in [1.165, 1.54) is 5.56 Å². The van der Waals surface area contributed by atoms with Gasteiger partial charge in [-0.3, -0.25) is 9.59 Å². The van der Waals surface area contributed by atoms with Crippen molar-refractivity contribution in [1.82, 2.24) is 19.8 Å². The highest BCUT2D eigenvalue weighted by Crippen LogP contribution is 2.34. The molecule has 4 rings (SSSR count). The van der Waals surface area contributed by atoms with Gasteiger partial charge in [0.15, 0.2) is 11.6 Å². The number of carbonyl (C=O) groups is 2. The van der Waals surface area contributed by atoms with E-state index >= 15 is 0 Å². The molecule has 2 N–H and O–H groups in total. The predicted molar refractivity (Wildman–Crippen MR) is 148 cm³/mol. The zero-order chi connectivity index (χ0) is 28.8. The van der Waals surface area contributed by atoms with Crippen LogP contribution in [0.25, 0.3) is 0 Å². The Kier molecular flexibility index (Phi) is 9.91. The maximum atomic E-state index is 13.5. The van der Waals surface area contributed by atoms with E-state index in [-0.39, 0.29) is 23.3 Å². The predicted octanol–water partition coefficient (Wildman–Crippen LogP) is 3.23. The smallest absolute Gasteiger partial charge is 0.246 e. The Morgan fingerprint density at radius 1 is 1.00 bits per heavy atom. The van der Waals surface area contributed by atoms with Gasteiger partial charge in [0.2, 0.25) is 21.8 Å². The topological polar surface area (TPSA) is 98.8 Å². The fraction of sp³-hybridized carbons (Fsp3) is 0.517. The molecule has 2 saturated heterocycles. The second-order valence-corrected chi connectivity index (χ2v) is 12.4. The van der Waals surface area contributed by atoms with Gasteiger partial charge in [-0.1, -0.05) is 37.3 Å². The molecule has 2 fully saturated rings. The van der Waals surface area contributed by atoms with Crippen LogP contribution in [0.4, 0.5) is 8.78 Å². The highest BCUT2D eigenvalue weighted by molar-refractivity contribution is 7.89. The standard InChI is InChI=1S/C29H38F2N4O4S/c1-2-17-35-27(36)26(10-6-7-16-32-40(38,39)23-11-12-24(30)25(31)21-23)33-28(37)29(35)14-19-34(20-15-29)18-13-22-8-4-3-5-9-22/h3-5,8-9,11-12,21,26,32H,2,6-7,10,13-20H2,1H3,(H,33,37)/t26-/m0/s1. The van der Waals surface area contributed by atoms with Crippen molar-refractivity contribution in [2.75, 3.05) is 32.7 Å². The minimum atomic E-state index is -3.99. The highest BCUT2D eigenvalue weighted by Gasteiger charge is 2.53. The van der Waals surface area contributed by atoms with Gasteiger partial charge in [-0.2, -0.15) is 0 Å². The lowest BCUT2D eigenvalue weighted by Crippen LogP contribution is -2.72. The van der Waals surface area contributed by atoms with Gasteiger partial charge in [0, 0.05) is 32.7 Å². The third kappa shape index (κ3) is 6.87. The van der Waals surface area contributed by atoms with E-state index in [2.05, 4.69) is 27.1 Å². The number of nitrogens with one attached hydrogen (secondary N) is 2. The van der Waals surface area contributed by atoms with E-state index < -0.39 is 33.2 Å². The molecule has 2 aliphatic rings. The number of benzene rings is 2. The van der Waals surface area contributed by atoms with E-state index in [1.54, 1.807) is 4.90 Å². The second-order valence-electron chi connectivity index (χ2n) is 10.6. The number of carbonyl (C=O) groups excluding carboxylic acids is 2. The fourth-order valence-electron chi connectivity index (χ4n) is 5.60. The van der Waals surface area contributed by atoms with Crippen LogP contribution in [-0.2, 0) is 26.0 Å². The molecule has 0 saturated carbocycles. The molecule has 40 heavy (non-hydrogen) atoms. The van der Waals surface area contributed by atoms with Crippen molar-refractivity contribution in [1.29, 1.82) is 0 Å². The molecule has 0 radical (unpaired) electrons. The number of piperazine rings is 1. The van der Waals surface area contributed by atoms with Crippen molar-refractivity contribution in [3.8, 4) is 0 Å². The summed E-state index contributed by atoms with van der Waals surface area (Å²) in [5.74, 6) is -2.54. The normalized spacial score (nSPS) is 19.7. The quantitative estimate of drug-likeness (QED) is 0.378. The van der Waals surface area contributed by atoms with Crippen LogP contribution in [-0.4, -0.2) is 74.3 Å². The van der Waals surface area contributed by atoms with E-state index in [4.69, 9.17) is 0 Å². The van der Waals surface area contributed by atoms with Crippen molar-refractivity contribution in [2.45, 2.75) is 68.3 Å². The Labute approximate surface area is 235 Å². The Hall–Kier alpha value is -2.89. The van der Waals surface area contributed by atoms with Gasteiger partial charge in [0.05, 0.1) is 4.90 Å². The Morgan fingerprint density at radius 3 is 2.40 bits per heavy atom. The number of rotatable bonds is 12. The molecule has 2 aliphatic heterocycles. The number of hydrogen-bond acceptors (Lipinski definition) is 5. The Bertz CT molecular complexity index is 1280.